The van der Waals surface area contributed by atoms with Crippen molar-refractivity contribution in [3.63, 3.8) is 0 Å². The van der Waals surface area contributed by atoms with Crippen LogP contribution in [0, 0.1) is 0 Å². The molecule has 156 valence electrons. The van der Waals surface area contributed by atoms with Gasteiger partial charge in [-0.1, -0.05) is 51.0 Å². The number of nitrogens with two attached hydrogens (primary N) is 1. The predicted octanol–water partition coefficient (Wildman–Crippen LogP) is 5.35. The Balaban J connectivity index is 1.84. The Morgan fingerprint density at radius 3 is 2.47 bits per heavy atom. The Bertz CT molecular complexity index is 1030. The van der Waals surface area contributed by atoms with Crippen molar-refractivity contribution in [1.82, 2.24) is 5.32 Å². The van der Waals surface area contributed by atoms with E-state index < -0.39 is 5.91 Å². The second kappa shape index (κ2) is 10.2. The van der Waals surface area contributed by atoms with Crippen LogP contribution in [0.5, 0.6) is 0 Å². The summed E-state index contributed by atoms with van der Waals surface area (Å²) in [5, 5.41) is 7.18. The number of thiophene rings is 1. The van der Waals surface area contributed by atoms with Crippen LogP contribution in [0.4, 0.5) is 0 Å². The molecule has 3 rings (SSSR count). The van der Waals surface area contributed by atoms with Crippen LogP contribution < -0.4 is 11.1 Å². The van der Waals surface area contributed by atoms with E-state index in [-0.39, 0.29) is 5.91 Å². The highest BCUT2D eigenvalue weighted by atomic mass is 32.1. The van der Waals surface area contributed by atoms with Gasteiger partial charge in [0, 0.05) is 17.7 Å². The molecule has 2 amide bonds. The SMILES string of the molecule is CCCc1ccc(C(=O)NCc2cccc(-c3ccsc3)c2)c(CCC)c1C(N)=O. The molecule has 0 radical (unpaired) electrons. The van der Waals surface area contributed by atoms with Crippen LogP contribution in [0.15, 0.2) is 53.2 Å². The zero-order valence-electron chi connectivity index (χ0n) is 17.5. The number of rotatable bonds is 9. The van der Waals surface area contributed by atoms with E-state index in [0.29, 0.717) is 24.1 Å². The Morgan fingerprint density at radius 2 is 1.80 bits per heavy atom. The largest absolute Gasteiger partial charge is 0.366 e. The second-order valence-corrected chi connectivity index (χ2v) is 8.17. The smallest absolute Gasteiger partial charge is 0.251 e. The van der Waals surface area contributed by atoms with Crippen molar-refractivity contribution in [2.45, 2.75) is 46.1 Å². The topological polar surface area (TPSA) is 72.2 Å². The molecule has 2 aromatic carbocycles. The normalized spacial score (nSPS) is 10.7. The molecule has 30 heavy (non-hydrogen) atoms. The van der Waals surface area contributed by atoms with E-state index >= 15 is 0 Å². The molecule has 0 atom stereocenters. The number of benzene rings is 2. The van der Waals surface area contributed by atoms with Gasteiger partial charge in [-0.25, -0.2) is 0 Å². The van der Waals surface area contributed by atoms with Gasteiger partial charge in [-0.15, -0.1) is 0 Å². The molecule has 0 bridgehead atoms. The average Bonchev–Trinajstić information content (AvgIpc) is 3.28. The second-order valence-electron chi connectivity index (χ2n) is 7.39. The van der Waals surface area contributed by atoms with Gasteiger partial charge in [0.1, 0.15) is 0 Å². The van der Waals surface area contributed by atoms with Crippen LogP contribution in [-0.2, 0) is 19.4 Å². The lowest BCUT2D eigenvalue weighted by Gasteiger charge is -2.16. The van der Waals surface area contributed by atoms with E-state index in [1.807, 2.05) is 31.2 Å². The van der Waals surface area contributed by atoms with Crippen molar-refractivity contribution >= 4 is 23.2 Å². The summed E-state index contributed by atoms with van der Waals surface area (Å²) in [5.41, 5.74) is 11.8. The highest BCUT2D eigenvalue weighted by Crippen LogP contribution is 2.24. The molecule has 0 aliphatic carbocycles. The zero-order chi connectivity index (χ0) is 21.5. The van der Waals surface area contributed by atoms with Crippen molar-refractivity contribution < 1.29 is 9.59 Å². The molecule has 5 heteroatoms. The summed E-state index contributed by atoms with van der Waals surface area (Å²) in [7, 11) is 0. The average molecular weight is 421 g/mol. The third-order valence-corrected chi connectivity index (χ3v) is 5.83. The summed E-state index contributed by atoms with van der Waals surface area (Å²) in [5.74, 6) is -0.634. The monoisotopic (exact) mass is 420 g/mol. The Hall–Kier alpha value is -2.92. The van der Waals surface area contributed by atoms with Gasteiger partial charge in [0.2, 0.25) is 5.91 Å². The van der Waals surface area contributed by atoms with E-state index in [4.69, 9.17) is 5.73 Å². The van der Waals surface area contributed by atoms with Crippen LogP contribution in [0.3, 0.4) is 0 Å². The predicted molar refractivity (Wildman–Crippen MR) is 124 cm³/mol. The molecule has 1 heterocycles. The minimum absolute atomic E-state index is 0.176. The molecule has 0 spiro atoms. The van der Waals surface area contributed by atoms with E-state index in [9.17, 15) is 9.59 Å². The van der Waals surface area contributed by atoms with Crippen LogP contribution >= 0.6 is 11.3 Å². The minimum Gasteiger partial charge on any atom is -0.366 e. The maximum atomic E-state index is 13.0. The van der Waals surface area contributed by atoms with Gasteiger partial charge in [-0.3, -0.25) is 9.59 Å². The van der Waals surface area contributed by atoms with E-state index in [1.54, 1.807) is 11.3 Å². The Morgan fingerprint density at radius 1 is 1.00 bits per heavy atom. The van der Waals surface area contributed by atoms with Crippen LogP contribution in [-0.4, -0.2) is 11.8 Å². The molecular formula is C25H28N2O2S. The first kappa shape index (κ1) is 21.8. The van der Waals surface area contributed by atoms with Crippen molar-refractivity contribution in [1.29, 1.82) is 0 Å². The highest BCUT2D eigenvalue weighted by Gasteiger charge is 2.20. The molecule has 0 aliphatic heterocycles. The van der Waals surface area contributed by atoms with Gasteiger partial charge in [0.15, 0.2) is 0 Å². The van der Waals surface area contributed by atoms with Crippen LogP contribution in [0.25, 0.3) is 11.1 Å². The number of hydrogen-bond donors (Lipinski definition) is 2. The number of aryl methyl sites for hydroxylation is 1. The summed E-state index contributed by atoms with van der Waals surface area (Å²) >= 11 is 1.66. The van der Waals surface area contributed by atoms with Gasteiger partial charge < -0.3 is 11.1 Å². The molecule has 0 unspecified atom stereocenters. The highest BCUT2D eigenvalue weighted by molar-refractivity contribution is 7.08. The van der Waals surface area contributed by atoms with Gasteiger partial charge in [-0.2, -0.15) is 11.3 Å². The number of hydrogen-bond acceptors (Lipinski definition) is 3. The summed E-state index contributed by atoms with van der Waals surface area (Å²) in [6.45, 7) is 4.52. The molecular weight excluding hydrogens is 392 g/mol. The molecule has 4 nitrogen and oxygen atoms in total. The standard InChI is InChI=1S/C25H28N2O2S/c1-3-6-18-10-11-22(21(7-4-2)23(18)24(26)28)25(29)27-15-17-8-5-9-19(14-17)20-12-13-30-16-20/h5,8-14,16H,3-4,6-7,15H2,1-2H3,(H2,26,28)(H,27,29). The van der Waals surface area contributed by atoms with Crippen molar-refractivity contribution in [3.8, 4) is 11.1 Å². The quantitative estimate of drug-likeness (QED) is 0.490. The molecule has 0 saturated carbocycles. The third kappa shape index (κ3) is 4.97. The summed E-state index contributed by atoms with van der Waals surface area (Å²) in [4.78, 5) is 25.2. The van der Waals surface area contributed by atoms with Gasteiger partial charge in [0.05, 0.1) is 0 Å². The van der Waals surface area contributed by atoms with E-state index in [2.05, 4.69) is 41.2 Å². The molecule has 0 aliphatic rings. The lowest BCUT2D eigenvalue weighted by atomic mass is 9.90. The first-order valence-corrected chi connectivity index (χ1v) is 11.3. The van der Waals surface area contributed by atoms with Crippen LogP contribution in [0.1, 0.15) is 64.1 Å². The van der Waals surface area contributed by atoms with Crippen molar-refractivity contribution in [3.05, 3.63) is 81.0 Å². The Labute approximate surface area is 182 Å². The summed E-state index contributed by atoms with van der Waals surface area (Å²) in [6.07, 6.45) is 3.16. The van der Waals surface area contributed by atoms with Gasteiger partial charge >= 0.3 is 0 Å². The van der Waals surface area contributed by atoms with Crippen LogP contribution in [0.2, 0.25) is 0 Å². The number of amides is 2. The minimum atomic E-state index is -0.458. The van der Waals surface area contributed by atoms with E-state index in [0.717, 1.165) is 41.5 Å². The maximum absolute atomic E-state index is 13.0. The first-order valence-electron chi connectivity index (χ1n) is 10.4. The summed E-state index contributed by atoms with van der Waals surface area (Å²) in [6, 6.07) is 14.0. The lowest BCUT2D eigenvalue weighted by Crippen LogP contribution is -2.26. The number of carbonyl (C=O) groups excluding carboxylic acids is 2. The van der Waals surface area contributed by atoms with Gasteiger partial charge in [0.25, 0.3) is 5.91 Å². The number of nitrogens with one attached hydrogen (secondary N) is 1. The zero-order valence-corrected chi connectivity index (χ0v) is 18.4. The molecule has 0 fully saturated rings. The fourth-order valence-corrected chi connectivity index (χ4v) is 4.44. The lowest BCUT2D eigenvalue weighted by molar-refractivity contribution is 0.0950. The fourth-order valence-electron chi connectivity index (χ4n) is 3.77. The summed E-state index contributed by atoms with van der Waals surface area (Å²) < 4.78 is 0. The molecule has 3 aromatic rings. The molecule has 3 N–H and O–H groups in total. The third-order valence-electron chi connectivity index (χ3n) is 5.14. The first-order chi connectivity index (χ1) is 14.5. The maximum Gasteiger partial charge on any atom is 0.251 e. The number of primary amides is 1. The fraction of sp³-hybridized carbons (Fsp3) is 0.280. The van der Waals surface area contributed by atoms with Crippen molar-refractivity contribution in [2.24, 2.45) is 5.73 Å². The van der Waals surface area contributed by atoms with Crippen molar-refractivity contribution in [2.75, 3.05) is 0 Å². The number of carbonyl (C=O) groups is 2. The molecule has 1 aromatic heterocycles. The molecule has 0 saturated heterocycles. The van der Waals surface area contributed by atoms with E-state index in [1.165, 1.54) is 5.56 Å². The Kier molecular flexibility index (Phi) is 7.41. The van der Waals surface area contributed by atoms with Gasteiger partial charge in [-0.05, 0) is 69.6 Å².